The predicted molar refractivity (Wildman–Crippen MR) is 54.4 cm³/mol. The van der Waals surface area contributed by atoms with Crippen LogP contribution in [0.3, 0.4) is 0 Å². The minimum absolute atomic E-state index is 0. The van der Waals surface area contributed by atoms with Crippen LogP contribution in [0.15, 0.2) is 4.99 Å². The smallest absolute Gasteiger partial charge is 0.185 e. The fourth-order valence-electron chi connectivity index (χ4n) is 0.997. The molecule has 0 saturated heterocycles. The Bertz CT molecular complexity index is 134. The van der Waals surface area contributed by atoms with Gasteiger partial charge in [0, 0.05) is 39.3 Å². The van der Waals surface area contributed by atoms with E-state index in [-0.39, 0.29) is 38.7 Å². The van der Waals surface area contributed by atoms with Crippen LogP contribution in [0.5, 0.6) is 0 Å². The molecular weight excluding hydrogens is 240 g/mol. The molecule has 1 unspecified atom stereocenters. The zero-order valence-corrected chi connectivity index (χ0v) is 11.3. The first-order valence-corrected chi connectivity index (χ1v) is 4.22. The summed E-state index contributed by atoms with van der Waals surface area (Å²) in [6.07, 6.45) is 2.08. The van der Waals surface area contributed by atoms with E-state index in [0.717, 1.165) is 12.8 Å². The van der Waals surface area contributed by atoms with Crippen molar-refractivity contribution in [2.24, 2.45) is 16.5 Å². The molecule has 0 aliphatic rings. The molecule has 0 amide bonds. The van der Waals surface area contributed by atoms with Crippen molar-refractivity contribution >= 4 is 13.2 Å². The molecule has 0 rings (SSSR count). The van der Waals surface area contributed by atoms with Gasteiger partial charge in [0.2, 0.25) is 0 Å². The van der Waals surface area contributed by atoms with Crippen molar-refractivity contribution in [2.75, 3.05) is 13.6 Å². The zero-order chi connectivity index (χ0) is 9.40. The molecule has 1 atom stereocenters. The Hall–Kier alpha value is 0.399. The number of hydrogen-bond acceptors (Lipinski definition) is 2. The molecule has 13 heavy (non-hydrogen) atoms. The topological polar surface area (TPSA) is 76.4 Å². The van der Waals surface area contributed by atoms with E-state index in [4.69, 9.17) is 11.5 Å². The molecule has 72 valence electrons. The van der Waals surface area contributed by atoms with Crippen LogP contribution in [0.25, 0.3) is 0 Å². The normalized spacial score (nSPS) is 11.2. The summed E-state index contributed by atoms with van der Waals surface area (Å²) in [6.45, 7) is 2.76. The third kappa shape index (κ3) is 10.3. The zero-order valence-electron chi connectivity index (χ0n) is 8.46. The second kappa shape index (κ2) is 10.5. The van der Waals surface area contributed by atoms with Crippen molar-refractivity contribution in [1.82, 2.24) is 5.32 Å². The van der Waals surface area contributed by atoms with Gasteiger partial charge in [0.25, 0.3) is 0 Å². The molecule has 0 aromatic heterocycles. The maximum absolute atomic E-state index is 5.18. The molecule has 5 N–H and O–H groups in total. The predicted octanol–water partition coefficient (Wildman–Crippen LogP) is -0.665. The number of guanidine groups is 1. The van der Waals surface area contributed by atoms with Crippen LogP contribution in [0.2, 0.25) is 6.82 Å². The van der Waals surface area contributed by atoms with Gasteiger partial charge in [-0.15, -0.1) is 0 Å². The third-order valence-corrected chi connectivity index (χ3v) is 1.74. The minimum atomic E-state index is 0. The van der Waals surface area contributed by atoms with Crippen LogP contribution in [-0.2, 0) is 32.7 Å². The number of hydrogen-bond donors (Lipinski definition) is 3. The molecule has 0 saturated carbocycles. The van der Waals surface area contributed by atoms with Gasteiger partial charge < -0.3 is 16.8 Å². The van der Waals surface area contributed by atoms with Crippen LogP contribution < -0.4 is 16.8 Å². The maximum atomic E-state index is 5.18. The van der Waals surface area contributed by atoms with E-state index >= 15 is 0 Å². The molecule has 0 bridgehead atoms. The van der Waals surface area contributed by atoms with E-state index in [1.165, 1.54) is 0 Å². The third-order valence-electron chi connectivity index (χ3n) is 1.74. The molecular formula is C7H18BN4Y. The van der Waals surface area contributed by atoms with Gasteiger partial charge in [-0.1, -0.05) is 6.82 Å². The van der Waals surface area contributed by atoms with Crippen LogP contribution in [0.1, 0.15) is 12.8 Å². The summed E-state index contributed by atoms with van der Waals surface area (Å²) in [5.74, 6) is 0.649. The molecule has 2 radical (unpaired) electrons. The van der Waals surface area contributed by atoms with Crippen LogP contribution in [0.4, 0.5) is 0 Å². The first kappa shape index (κ1) is 15.9. The molecule has 6 heteroatoms. The largest absolute Gasteiger partial charge is 0.370 e. The first-order chi connectivity index (χ1) is 5.70. The van der Waals surface area contributed by atoms with Crippen molar-refractivity contribution in [3.05, 3.63) is 0 Å². The van der Waals surface area contributed by atoms with Gasteiger partial charge in [0.1, 0.15) is 7.28 Å². The fraction of sp³-hybridized carbons (Fsp3) is 0.857. The quantitative estimate of drug-likeness (QED) is 0.256. The monoisotopic (exact) mass is 258 g/mol. The Morgan fingerprint density at radius 3 is 2.54 bits per heavy atom. The van der Waals surface area contributed by atoms with E-state index in [2.05, 4.69) is 17.6 Å². The maximum Gasteiger partial charge on any atom is 0.185 e. The van der Waals surface area contributed by atoms with E-state index in [0.29, 0.717) is 12.5 Å². The molecule has 4 nitrogen and oxygen atoms in total. The fourth-order valence-corrected chi connectivity index (χ4v) is 0.997. The van der Waals surface area contributed by atoms with Crippen molar-refractivity contribution in [1.29, 1.82) is 0 Å². The molecule has 0 fully saturated rings. The summed E-state index contributed by atoms with van der Waals surface area (Å²) in [5.41, 5.74) is 10.4. The van der Waals surface area contributed by atoms with Gasteiger partial charge in [-0.25, -0.2) is 0 Å². The van der Waals surface area contributed by atoms with Crippen molar-refractivity contribution in [3.8, 4) is 0 Å². The molecule has 0 aliphatic carbocycles. The van der Waals surface area contributed by atoms with Crippen LogP contribution in [0, 0.1) is 0 Å². The summed E-state index contributed by atoms with van der Waals surface area (Å²) in [5, 5.41) is 3.17. The Labute approximate surface area is 106 Å². The summed E-state index contributed by atoms with van der Waals surface area (Å²) in [4.78, 5) is 3.90. The Balaban J connectivity index is 0. The first-order valence-electron chi connectivity index (χ1n) is 4.22. The van der Waals surface area contributed by atoms with Crippen molar-refractivity contribution in [3.63, 3.8) is 0 Å². The number of nitrogens with two attached hydrogens (primary N) is 2. The van der Waals surface area contributed by atoms with Gasteiger partial charge in [-0.05, 0) is 25.8 Å². The Morgan fingerprint density at radius 1 is 1.54 bits per heavy atom. The summed E-state index contributed by atoms with van der Waals surface area (Å²) >= 11 is 0. The average Bonchev–Trinajstić information content (AvgIpc) is 2.04. The van der Waals surface area contributed by atoms with Crippen LogP contribution >= 0.6 is 0 Å². The Kier molecular flexibility index (Phi) is 12.8. The van der Waals surface area contributed by atoms with Gasteiger partial charge in [-0.3, -0.25) is 4.99 Å². The van der Waals surface area contributed by atoms with Gasteiger partial charge >= 0.3 is 0 Å². The van der Waals surface area contributed by atoms with Crippen molar-refractivity contribution < 1.29 is 32.7 Å². The van der Waals surface area contributed by atoms with E-state index < -0.39 is 0 Å². The van der Waals surface area contributed by atoms with E-state index in [1.807, 2.05) is 13.9 Å². The van der Waals surface area contributed by atoms with Gasteiger partial charge in [0.05, 0.1) is 0 Å². The summed E-state index contributed by atoms with van der Waals surface area (Å²) in [7, 11) is 4.08. The van der Waals surface area contributed by atoms with Crippen LogP contribution in [-0.4, -0.2) is 32.8 Å². The van der Waals surface area contributed by atoms with E-state index in [9.17, 15) is 0 Å². The summed E-state index contributed by atoms with van der Waals surface area (Å²) < 4.78 is 0. The average molecular weight is 258 g/mol. The van der Waals surface area contributed by atoms with Gasteiger partial charge in [-0.2, -0.15) is 0 Å². The van der Waals surface area contributed by atoms with E-state index in [1.54, 1.807) is 0 Å². The second-order valence-corrected chi connectivity index (χ2v) is 2.68. The molecule has 0 spiro atoms. The molecule has 0 aromatic carbocycles. The van der Waals surface area contributed by atoms with Crippen molar-refractivity contribution in [2.45, 2.75) is 25.6 Å². The summed E-state index contributed by atoms with van der Waals surface area (Å²) in [6, 6.07) is 0. The van der Waals surface area contributed by atoms with Gasteiger partial charge in [0.15, 0.2) is 5.96 Å². The number of rotatable bonds is 6. The standard InChI is InChI=1S/C7H18BN4.Y/c1-8-6(11-2)4-3-5-12-7(9)10;/h6,11H,3-5H2,1-2H3,(H4,9,10,12);. The molecule has 0 heterocycles. The Morgan fingerprint density at radius 2 is 2.15 bits per heavy atom. The second-order valence-electron chi connectivity index (χ2n) is 2.68. The SMILES string of the molecule is C[B]C(CCCN=C(N)N)NC.[Y]. The number of nitrogens with zero attached hydrogens (tertiary/aromatic N) is 1. The number of aliphatic imine (C=N–C) groups is 1. The minimum Gasteiger partial charge on any atom is -0.370 e. The molecule has 0 aromatic rings. The number of nitrogens with one attached hydrogen (secondary N) is 1. The molecule has 0 aliphatic heterocycles.